The topological polar surface area (TPSA) is 79.9 Å². The van der Waals surface area contributed by atoms with Crippen LogP contribution in [0.15, 0.2) is 42.7 Å². The van der Waals surface area contributed by atoms with Crippen molar-refractivity contribution in [1.82, 2.24) is 15.0 Å². The van der Waals surface area contributed by atoms with Crippen LogP contribution in [0.25, 0.3) is 11.0 Å². The monoisotopic (exact) mass is 296 g/mol. The molecule has 112 valence electrons. The Labute approximate surface area is 127 Å². The number of hydrogen-bond acceptors (Lipinski definition) is 4. The van der Waals surface area contributed by atoms with Gasteiger partial charge < -0.3 is 15.0 Å². The number of carbonyl (C=O) groups is 1. The van der Waals surface area contributed by atoms with Gasteiger partial charge >= 0.3 is 0 Å². The maximum absolute atomic E-state index is 12.2. The average Bonchev–Trinajstić information content (AvgIpc) is 2.91. The van der Waals surface area contributed by atoms with E-state index in [0.29, 0.717) is 18.3 Å². The molecular formula is C16H16N4O2. The van der Waals surface area contributed by atoms with Crippen molar-refractivity contribution in [2.24, 2.45) is 0 Å². The normalized spacial score (nSPS) is 10.6. The SMILES string of the molecule is CCOc1cccc(NC(=O)Cc2c[nH]c3ncccc23)n1. The number of amides is 1. The van der Waals surface area contributed by atoms with Crippen LogP contribution in [0.3, 0.4) is 0 Å². The van der Waals surface area contributed by atoms with Gasteiger partial charge in [-0.15, -0.1) is 0 Å². The molecule has 0 saturated heterocycles. The Kier molecular flexibility index (Phi) is 4.00. The van der Waals surface area contributed by atoms with Gasteiger partial charge in [0.25, 0.3) is 0 Å². The standard InChI is InChI=1S/C16H16N4O2/c1-2-22-15-7-3-6-13(20-15)19-14(21)9-11-10-18-16-12(11)5-4-8-17-16/h3-8,10H,2,9H2,1H3,(H,17,18)(H,19,20,21). The summed E-state index contributed by atoms with van der Waals surface area (Å²) in [6, 6.07) is 9.07. The third-order valence-electron chi connectivity index (χ3n) is 3.17. The van der Waals surface area contributed by atoms with E-state index in [0.717, 1.165) is 16.6 Å². The molecule has 0 atom stereocenters. The van der Waals surface area contributed by atoms with E-state index in [1.54, 1.807) is 30.6 Å². The zero-order valence-corrected chi connectivity index (χ0v) is 12.2. The number of aromatic nitrogens is 3. The number of pyridine rings is 2. The lowest BCUT2D eigenvalue weighted by Crippen LogP contribution is -2.15. The largest absolute Gasteiger partial charge is 0.478 e. The molecule has 3 aromatic rings. The van der Waals surface area contributed by atoms with E-state index in [1.165, 1.54) is 0 Å². The number of hydrogen-bond donors (Lipinski definition) is 2. The highest BCUT2D eigenvalue weighted by molar-refractivity contribution is 5.94. The molecule has 1 amide bonds. The second-order valence-corrected chi connectivity index (χ2v) is 4.73. The summed E-state index contributed by atoms with van der Waals surface area (Å²) < 4.78 is 5.32. The van der Waals surface area contributed by atoms with Gasteiger partial charge in [0.2, 0.25) is 11.8 Å². The van der Waals surface area contributed by atoms with Crippen molar-refractivity contribution < 1.29 is 9.53 Å². The van der Waals surface area contributed by atoms with E-state index in [2.05, 4.69) is 20.3 Å². The molecule has 22 heavy (non-hydrogen) atoms. The highest BCUT2D eigenvalue weighted by atomic mass is 16.5. The van der Waals surface area contributed by atoms with Crippen LogP contribution in [0, 0.1) is 0 Å². The first-order valence-electron chi connectivity index (χ1n) is 7.07. The van der Waals surface area contributed by atoms with Crippen LogP contribution < -0.4 is 10.1 Å². The fraction of sp³-hybridized carbons (Fsp3) is 0.188. The number of nitrogens with zero attached hydrogens (tertiary/aromatic N) is 2. The smallest absolute Gasteiger partial charge is 0.230 e. The molecule has 3 aromatic heterocycles. The first kappa shape index (κ1) is 14.1. The lowest BCUT2D eigenvalue weighted by Gasteiger charge is -2.06. The number of aromatic amines is 1. The van der Waals surface area contributed by atoms with Crippen LogP contribution in [0.2, 0.25) is 0 Å². The third kappa shape index (κ3) is 3.06. The highest BCUT2D eigenvalue weighted by Crippen LogP contribution is 2.17. The van der Waals surface area contributed by atoms with Gasteiger partial charge in [-0.1, -0.05) is 6.07 Å². The van der Waals surface area contributed by atoms with Crippen molar-refractivity contribution in [2.75, 3.05) is 11.9 Å². The number of fused-ring (bicyclic) bond motifs is 1. The summed E-state index contributed by atoms with van der Waals surface area (Å²) in [5.41, 5.74) is 1.68. The summed E-state index contributed by atoms with van der Waals surface area (Å²) in [7, 11) is 0. The first-order chi connectivity index (χ1) is 10.8. The second kappa shape index (κ2) is 6.26. The van der Waals surface area contributed by atoms with E-state index in [-0.39, 0.29) is 12.3 Å². The summed E-state index contributed by atoms with van der Waals surface area (Å²) in [5, 5.41) is 3.73. The molecule has 6 heteroatoms. The Hall–Kier alpha value is -2.89. The highest BCUT2D eigenvalue weighted by Gasteiger charge is 2.10. The van der Waals surface area contributed by atoms with Crippen LogP contribution in [-0.2, 0) is 11.2 Å². The summed E-state index contributed by atoms with van der Waals surface area (Å²) in [6.07, 6.45) is 3.78. The molecular weight excluding hydrogens is 280 g/mol. The van der Waals surface area contributed by atoms with Crippen LogP contribution in [-0.4, -0.2) is 27.5 Å². The molecule has 0 aliphatic carbocycles. The maximum atomic E-state index is 12.2. The molecule has 0 bridgehead atoms. The zero-order chi connectivity index (χ0) is 15.4. The molecule has 0 saturated carbocycles. The van der Waals surface area contributed by atoms with Crippen molar-refractivity contribution in [3.8, 4) is 5.88 Å². The number of H-pyrrole nitrogens is 1. The number of rotatable bonds is 5. The lowest BCUT2D eigenvalue weighted by molar-refractivity contribution is -0.115. The van der Waals surface area contributed by atoms with Gasteiger partial charge in [-0.2, -0.15) is 4.98 Å². The van der Waals surface area contributed by atoms with Gasteiger partial charge in [0.15, 0.2) is 0 Å². The number of nitrogens with one attached hydrogen (secondary N) is 2. The molecule has 0 aromatic carbocycles. The molecule has 3 rings (SSSR count). The van der Waals surface area contributed by atoms with Gasteiger partial charge in [0.1, 0.15) is 11.5 Å². The molecule has 0 aliphatic rings. The van der Waals surface area contributed by atoms with Gasteiger partial charge in [0.05, 0.1) is 13.0 Å². The molecule has 0 radical (unpaired) electrons. The van der Waals surface area contributed by atoms with E-state index < -0.39 is 0 Å². The summed E-state index contributed by atoms with van der Waals surface area (Å²) >= 11 is 0. The lowest BCUT2D eigenvalue weighted by atomic mass is 10.1. The fourth-order valence-corrected chi connectivity index (χ4v) is 2.23. The number of ether oxygens (including phenoxy) is 1. The van der Waals surface area contributed by atoms with Gasteiger partial charge in [-0.25, -0.2) is 4.98 Å². The number of carbonyl (C=O) groups excluding carboxylic acids is 1. The van der Waals surface area contributed by atoms with Crippen LogP contribution >= 0.6 is 0 Å². The Morgan fingerprint density at radius 3 is 3.09 bits per heavy atom. The minimum Gasteiger partial charge on any atom is -0.478 e. The van der Waals surface area contributed by atoms with E-state index >= 15 is 0 Å². The third-order valence-corrected chi connectivity index (χ3v) is 3.17. The molecule has 0 aliphatic heterocycles. The van der Waals surface area contributed by atoms with Gasteiger partial charge in [0, 0.05) is 23.8 Å². The molecule has 6 nitrogen and oxygen atoms in total. The Morgan fingerprint density at radius 1 is 1.32 bits per heavy atom. The fourth-order valence-electron chi connectivity index (χ4n) is 2.23. The minimum atomic E-state index is -0.133. The van der Waals surface area contributed by atoms with E-state index in [4.69, 9.17) is 4.74 Å². The molecule has 3 heterocycles. The molecule has 2 N–H and O–H groups in total. The van der Waals surface area contributed by atoms with E-state index in [1.807, 2.05) is 19.1 Å². The quantitative estimate of drug-likeness (QED) is 0.758. The zero-order valence-electron chi connectivity index (χ0n) is 12.2. The Bertz CT molecular complexity index is 797. The number of anilines is 1. The Balaban J connectivity index is 1.71. The van der Waals surface area contributed by atoms with Crippen molar-refractivity contribution in [2.45, 2.75) is 13.3 Å². The van der Waals surface area contributed by atoms with Crippen molar-refractivity contribution >= 4 is 22.8 Å². The summed E-state index contributed by atoms with van der Waals surface area (Å²) in [5.74, 6) is 0.844. The first-order valence-corrected chi connectivity index (χ1v) is 7.07. The second-order valence-electron chi connectivity index (χ2n) is 4.73. The predicted octanol–water partition coefficient (Wildman–Crippen LogP) is 2.54. The Morgan fingerprint density at radius 2 is 2.23 bits per heavy atom. The van der Waals surface area contributed by atoms with Gasteiger partial charge in [-0.3, -0.25) is 4.79 Å². The van der Waals surface area contributed by atoms with Crippen LogP contribution in [0.1, 0.15) is 12.5 Å². The van der Waals surface area contributed by atoms with Gasteiger partial charge in [-0.05, 0) is 30.7 Å². The molecule has 0 spiro atoms. The van der Waals surface area contributed by atoms with Crippen molar-refractivity contribution in [1.29, 1.82) is 0 Å². The van der Waals surface area contributed by atoms with Crippen LogP contribution in [0.5, 0.6) is 5.88 Å². The maximum Gasteiger partial charge on any atom is 0.230 e. The average molecular weight is 296 g/mol. The molecule has 0 fully saturated rings. The molecule has 0 unspecified atom stereocenters. The summed E-state index contributed by atoms with van der Waals surface area (Å²) in [6.45, 7) is 2.42. The van der Waals surface area contributed by atoms with Crippen molar-refractivity contribution in [3.05, 3.63) is 48.3 Å². The minimum absolute atomic E-state index is 0.133. The predicted molar refractivity (Wildman–Crippen MR) is 83.8 cm³/mol. The summed E-state index contributed by atoms with van der Waals surface area (Å²) in [4.78, 5) is 23.7. The van der Waals surface area contributed by atoms with Crippen LogP contribution in [0.4, 0.5) is 5.82 Å². The van der Waals surface area contributed by atoms with E-state index in [9.17, 15) is 4.79 Å². The van der Waals surface area contributed by atoms with Crippen molar-refractivity contribution in [3.63, 3.8) is 0 Å².